The van der Waals surface area contributed by atoms with Gasteiger partial charge in [-0.1, -0.05) is 0 Å². The van der Waals surface area contributed by atoms with Gasteiger partial charge in [0.15, 0.2) is 0 Å². The first kappa shape index (κ1) is 7.97. The monoisotopic (exact) mass is 183 g/mol. The van der Waals surface area contributed by atoms with Crippen molar-refractivity contribution >= 4 is 16.7 Å². The fourth-order valence-corrected chi connectivity index (χ4v) is 1.25. The van der Waals surface area contributed by atoms with Crippen LogP contribution < -0.4 is 5.73 Å². The fraction of sp³-hybridized carbons (Fsp3) is 0.125. The van der Waals surface area contributed by atoms with Crippen LogP contribution in [0.2, 0.25) is 0 Å². The highest BCUT2D eigenvalue weighted by Gasteiger charge is 2.14. The first-order valence-corrected chi connectivity index (χ1v) is 3.69. The van der Waals surface area contributed by atoms with Crippen molar-refractivity contribution in [2.75, 3.05) is 5.73 Å². The van der Waals surface area contributed by atoms with Crippen LogP contribution in [0.5, 0.6) is 0 Å². The number of alkyl halides is 2. The predicted molar refractivity (Wildman–Crippen MR) is 45.5 cm³/mol. The summed E-state index contributed by atoms with van der Waals surface area (Å²) >= 11 is 0. The average Bonchev–Trinajstić information content (AvgIpc) is 2.53. The van der Waals surface area contributed by atoms with Crippen molar-refractivity contribution in [1.82, 2.24) is 9.97 Å². The second-order valence-corrected chi connectivity index (χ2v) is 2.67. The zero-order chi connectivity index (χ0) is 9.42. The number of fused-ring (bicyclic) bond motifs is 1. The van der Waals surface area contributed by atoms with E-state index in [0.717, 1.165) is 0 Å². The lowest BCUT2D eigenvalue weighted by Gasteiger charge is -2.01. The van der Waals surface area contributed by atoms with Gasteiger partial charge in [-0.3, -0.25) is 0 Å². The molecule has 0 radical (unpaired) electrons. The summed E-state index contributed by atoms with van der Waals surface area (Å²) in [6, 6.07) is 2.74. The standard InChI is InChI=1S/C8H7F2N3/c9-8(10)4-1-2-5(11)7-6(4)12-3-13-7/h1-3,8H,11H2,(H,12,13). The molecule has 0 aliphatic heterocycles. The number of halogens is 2. The maximum atomic E-state index is 12.4. The van der Waals surface area contributed by atoms with Crippen molar-refractivity contribution in [2.45, 2.75) is 6.43 Å². The normalized spacial score (nSPS) is 11.3. The van der Waals surface area contributed by atoms with Gasteiger partial charge in [-0.2, -0.15) is 0 Å². The van der Waals surface area contributed by atoms with E-state index >= 15 is 0 Å². The van der Waals surface area contributed by atoms with Gasteiger partial charge in [0.2, 0.25) is 0 Å². The van der Waals surface area contributed by atoms with Crippen LogP contribution in [-0.2, 0) is 0 Å². The average molecular weight is 183 g/mol. The number of nitrogen functional groups attached to an aromatic ring is 1. The molecule has 0 saturated carbocycles. The molecule has 3 N–H and O–H groups in total. The maximum absolute atomic E-state index is 12.4. The lowest BCUT2D eigenvalue weighted by atomic mass is 10.1. The Morgan fingerprint density at radius 3 is 2.85 bits per heavy atom. The molecule has 0 unspecified atom stereocenters. The van der Waals surface area contributed by atoms with E-state index in [1.807, 2.05) is 0 Å². The summed E-state index contributed by atoms with van der Waals surface area (Å²) in [6.45, 7) is 0. The van der Waals surface area contributed by atoms with Gasteiger partial charge in [0.25, 0.3) is 6.43 Å². The molecule has 0 amide bonds. The zero-order valence-corrected chi connectivity index (χ0v) is 6.59. The summed E-state index contributed by atoms with van der Waals surface area (Å²) in [5.74, 6) is 0. The molecule has 5 heteroatoms. The Morgan fingerprint density at radius 2 is 2.15 bits per heavy atom. The number of imidazole rings is 1. The Labute approximate surface area is 72.6 Å². The van der Waals surface area contributed by atoms with E-state index in [2.05, 4.69) is 9.97 Å². The van der Waals surface area contributed by atoms with Gasteiger partial charge in [-0.15, -0.1) is 0 Å². The lowest BCUT2D eigenvalue weighted by molar-refractivity contribution is 0.153. The molecule has 0 saturated heterocycles. The Morgan fingerprint density at radius 1 is 1.38 bits per heavy atom. The number of aromatic amines is 1. The van der Waals surface area contributed by atoms with Crippen LogP contribution in [0.1, 0.15) is 12.0 Å². The van der Waals surface area contributed by atoms with Crippen LogP contribution in [0.25, 0.3) is 11.0 Å². The van der Waals surface area contributed by atoms with Crippen molar-refractivity contribution in [3.05, 3.63) is 24.0 Å². The molecule has 1 aromatic carbocycles. The summed E-state index contributed by atoms with van der Waals surface area (Å²) in [5, 5.41) is 0. The highest BCUT2D eigenvalue weighted by Crippen LogP contribution is 2.28. The van der Waals surface area contributed by atoms with Crippen LogP contribution in [0.15, 0.2) is 18.5 Å². The minimum absolute atomic E-state index is 0.0922. The van der Waals surface area contributed by atoms with Crippen LogP contribution >= 0.6 is 0 Å². The van der Waals surface area contributed by atoms with Gasteiger partial charge >= 0.3 is 0 Å². The minimum atomic E-state index is -2.52. The van der Waals surface area contributed by atoms with Crippen LogP contribution in [0.4, 0.5) is 14.5 Å². The van der Waals surface area contributed by atoms with Crippen molar-refractivity contribution in [1.29, 1.82) is 0 Å². The van der Waals surface area contributed by atoms with E-state index in [1.165, 1.54) is 18.5 Å². The van der Waals surface area contributed by atoms with E-state index in [1.54, 1.807) is 0 Å². The van der Waals surface area contributed by atoms with E-state index in [-0.39, 0.29) is 11.1 Å². The van der Waals surface area contributed by atoms with Crippen molar-refractivity contribution < 1.29 is 8.78 Å². The SMILES string of the molecule is Nc1ccc(C(F)F)c2nc[nH]c12. The Kier molecular flexibility index (Phi) is 1.65. The summed E-state index contributed by atoms with van der Waals surface area (Å²) < 4.78 is 24.8. The third kappa shape index (κ3) is 1.12. The number of aromatic nitrogens is 2. The van der Waals surface area contributed by atoms with Gasteiger partial charge in [0.05, 0.1) is 23.0 Å². The molecule has 0 aliphatic rings. The van der Waals surface area contributed by atoms with Gasteiger partial charge in [0.1, 0.15) is 0 Å². The number of benzene rings is 1. The molecule has 0 spiro atoms. The van der Waals surface area contributed by atoms with Crippen molar-refractivity contribution in [3.63, 3.8) is 0 Å². The third-order valence-corrected chi connectivity index (χ3v) is 1.88. The Bertz CT molecular complexity index is 436. The van der Waals surface area contributed by atoms with Crippen LogP contribution in [0, 0.1) is 0 Å². The van der Waals surface area contributed by atoms with Gasteiger partial charge < -0.3 is 10.7 Å². The first-order chi connectivity index (χ1) is 6.20. The summed E-state index contributed by atoms with van der Waals surface area (Å²) in [4.78, 5) is 6.50. The van der Waals surface area contributed by atoms with Gasteiger partial charge in [0, 0.05) is 5.56 Å². The van der Waals surface area contributed by atoms with E-state index < -0.39 is 6.43 Å². The molecule has 68 valence electrons. The molecule has 3 nitrogen and oxygen atoms in total. The third-order valence-electron chi connectivity index (χ3n) is 1.88. The van der Waals surface area contributed by atoms with Crippen molar-refractivity contribution in [3.8, 4) is 0 Å². The van der Waals surface area contributed by atoms with Gasteiger partial charge in [-0.25, -0.2) is 13.8 Å². The Balaban J connectivity index is 2.78. The molecule has 0 aliphatic carbocycles. The molecule has 1 aromatic heterocycles. The number of rotatable bonds is 1. The number of nitrogens with zero attached hydrogens (tertiary/aromatic N) is 1. The maximum Gasteiger partial charge on any atom is 0.266 e. The largest absolute Gasteiger partial charge is 0.397 e. The molecule has 0 fully saturated rings. The number of hydrogen-bond acceptors (Lipinski definition) is 2. The van der Waals surface area contributed by atoms with E-state index in [0.29, 0.717) is 11.2 Å². The number of H-pyrrole nitrogens is 1. The molecule has 2 aromatic rings. The molecule has 13 heavy (non-hydrogen) atoms. The predicted octanol–water partition coefficient (Wildman–Crippen LogP) is 2.08. The van der Waals surface area contributed by atoms with E-state index in [4.69, 9.17) is 5.73 Å². The molecular formula is C8H7F2N3. The fourth-order valence-electron chi connectivity index (χ4n) is 1.25. The lowest BCUT2D eigenvalue weighted by Crippen LogP contribution is -1.91. The second kappa shape index (κ2) is 2.69. The number of nitrogens with one attached hydrogen (secondary N) is 1. The second-order valence-electron chi connectivity index (χ2n) is 2.67. The Hall–Kier alpha value is -1.65. The molecule has 1 heterocycles. The molecular weight excluding hydrogens is 176 g/mol. The highest BCUT2D eigenvalue weighted by molar-refractivity contribution is 5.89. The topological polar surface area (TPSA) is 54.7 Å². The van der Waals surface area contributed by atoms with Crippen LogP contribution in [0.3, 0.4) is 0 Å². The zero-order valence-electron chi connectivity index (χ0n) is 6.59. The minimum Gasteiger partial charge on any atom is -0.397 e. The molecule has 0 bridgehead atoms. The highest BCUT2D eigenvalue weighted by atomic mass is 19.3. The van der Waals surface area contributed by atoms with Crippen molar-refractivity contribution in [2.24, 2.45) is 0 Å². The quantitative estimate of drug-likeness (QED) is 0.665. The molecule has 0 atom stereocenters. The molecule has 2 rings (SSSR count). The smallest absolute Gasteiger partial charge is 0.266 e. The number of nitrogens with two attached hydrogens (primary N) is 1. The van der Waals surface area contributed by atoms with Gasteiger partial charge in [-0.05, 0) is 12.1 Å². The summed E-state index contributed by atoms with van der Waals surface area (Å²) in [6.07, 6.45) is -1.17. The number of anilines is 1. The first-order valence-electron chi connectivity index (χ1n) is 3.69. The van der Waals surface area contributed by atoms with Crippen LogP contribution in [-0.4, -0.2) is 9.97 Å². The summed E-state index contributed by atoms with van der Waals surface area (Å²) in [7, 11) is 0. The summed E-state index contributed by atoms with van der Waals surface area (Å²) in [5.41, 5.74) is 6.60. The van der Waals surface area contributed by atoms with E-state index in [9.17, 15) is 8.78 Å². The number of hydrogen-bond donors (Lipinski definition) is 2.